The van der Waals surface area contributed by atoms with Crippen LogP contribution >= 0.6 is 0 Å². The van der Waals surface area contributed by atoms with Crippen LogP contribution in [0, 0.1) is 0 Å². The summed E-state index contributed by atoms with van der Waals surface area (Å²) < 4.78 is 0. The molecule has 3 aromatic carbocycles. The van der Waals surface area contributed by atoms with E-state index in [0.29, 0.717) is 13.0 Å². The molecule has 3 N–H and O–H groups in total. The van der Waals surface area contributed by atoms with Crippen LogP contribution in [0.15, 0.2) is 60.7 Å². The number of hydrogen-bond acceptors (Lipinski definition) is 3. The minimum atomic E-state index is -0.426. The van der Waals surface area contributed by atoms with Crippen molar-refractivity contribution >= 4 is 10.8 Å². The van der Waals surface area contributed by atoms with Crippen LogP contribution < -0.4 is 5.32 Å². The van der Waals surface area contributed by atoms with Crippen LogP contribution in [0.4, 0.5) is 0 Å². The standard InChI is InChI=1S/C20H19NO2/c22-18-10-9-13-5-1-3-7-15(13)17(18)12-21-20-16-8-4-2-6-14(16)11-19(20)23/h1-10,19-23H,11-12H2/t19-,20+/m0/s1. The molecule has 0 saturated heterocycles. The van der Waals surface area contributed by atoms with Gasteiger partial charge < -0.3 is 15.5 Å². The molecular formula is C20H19NO2. The van der Waals surface area contributed by atoms with Crippen LogP contribution in [0.25, 0.3) is 10.8 Å². The minimum Gasteiger partial charge on any atom is -0.508 e. The lowest BCUT2D eigenvalue weighted by atomic mass is 10.0. The molecule has 0 bridgehead atoms. The van der Waals surface area contributed by atoms with Crippen molar-refractivity contribution in [2.45, 2.75) is 25.1 Å². The highest BCUT2D eigenvalue weighted by Crippen LogP contribution is 2.33. The zero-order valence-electron chi connectivity index (χ0n) is 12.7. The molecule has 0 amide bonds. The van der Waals surface area contributed by atoms with Crippen LogP contribution in [0.5, 0.6) is 5.75 Å². The van der Waals surface area contributed by atoms with E-state index in [-0.39, 0.29) is 11.8 Å². The maximum absolute atomic E-state index is 10.3. The van der Waals surface area contributed by atoms with Crippen molar-refractivity contribution in [1.29, 1.82) is 0 Å². The second-order valence-corrected chi connectivity index (χ2v) is 6.11. The number of hydrogen-bond donors (Lipinski definition) is 3. The maximum Gasteiger partial charge on any atom is 0.120 e. The van der Waals surface area contributed by atoms with E-state index in [4.69, 9.17) is 0 Å². The van der Waals surface area contributed by atoms with Gasteiger partial charge in [-0.15, -0.1) is 0 Å². The summed E-state index contributed by atoms with van der Waals surface area (Å²) in [6.07, 6.45) is 0.250. The average molecular weight is 305 g/mol. The van der Waals surface area contributed by atoms with E-state index in [1.54, 1.807) is 6.07 Å². The lowest BCUT2D eigenvalue weighted by molar-refractivity contribution is 0.140. The molecule has 23 heavy (non-hydrogen) atoms. The van der Waals surface area contributed by atoms with Gasteiger partial charge in [0.25, 0.3) is 0 Å². The molecule has 0 aromatic heterocycles. The summed E-state index contributed by atoms with van der Waals surface area (Å²) in [6.45, 7) is 0.517. The largest absolute Gasteiger partial charge is 0.508 e. The molecule has 3 nitrogen and oxygen atoms in total. The summed E-state index contributed by atoms with van der Waals surface area (Å²) in [7, 11) is 0. The summed E-state index contributed by atoms with van der Waals surface area (Å²) >= 11 is 0. The Kier molecular flexibility index (Phi) is 3.52. The van der Waals surface area contributed by atoms with Crippen molar-refractivity contribution in [2.75, 3.05) is 0 Å². The molecule has 1 aliphatic carbocycles. The third kappa shape index (κ3) is 2.48. The van der Waals surface area contributed by atoms with Gasteiger partial charge in [0, 0.05) is 18.5 Å². The van der Waals surface area contributed by atoms with E-state index in [1.165, 1.54) is 5.56 Å². The van der Waals surface area contributed by atoms with Crippen LogP contribution in [-0.4, -0.2) is 16.3 Å². The van der Waals surface area contributed by atoms with Crippen LogP contribution in [0.1, 0.15) is 22.7 Å². The van der Waals surface area contributed by atoms with Gasteiger partial charge in [-0.2, -0.15) is 0 Å². The third-order valence-corrected chi connectivity index (χ3v) is 4.72. The minimum absolute atomic E-state index is 0.0930. The summed E-state index contributed by atoms with van der Waals surface area (Å²) in [6, 6.07) is 19.7. The second-order valence-electron chi connectivity index (χ2n) is 6.11. The van der Waals surface area contributed by atoms with Gasteiger partial charge in [-0.1, -0.05) is 54.6 Å². The third-order valence-electron chi connectivity index (χ3n) is 4.72. The van der Waals surface area contributed by atoms with E-state index >= 15 is 0 Å². The highest BCUT2D eigenvalue weighted by atomic mass is 16.3. The van der Waals surface area contributed by atoms with E-state index in [9.17, 15) is 10.2 Å². The number of nitrogens with one attached hydrogen (secondary N) is 1. The number of aromatic hydroxyl groups is 1. The summed E-state index contributed by atoms with van der Waals surface area (Å²) in [4.78, 5) is 0. The molecule has 0 saturated carbocycles. The molecule has 116 valence electrons. The van der Waals surface area contributed by atoms with Gasteiger partial charge in [0.05, 0.1) is 12.1 Å². The summed E-state index contributed by atoms with van der Waals surface area (Å²) in [5.41, 5.74) is 3.22. The average Bonchev–Trinajstić information content (AvgIpc) is 2.89. The predicted molar refractivity (Wildman–Crippen MR) is 91.3 cm³/mol. The van der Waals surface area contributed by atoms with Gasteiger partial charge in [-0.25, -0.2) is 0 Å². The Hall–Kier alpha value is -2.36. The number of aliphatic hydroxyl groups excluding tert-OH is 1. The molecule has 3 aromatic rings. The van der Waals surface area contributed by atoms with Crippen molar-refractivity contribution in [3.8, 4) is 5.75 Å². The first kappa shape index (κ1) is 14.2. The maximum atomic E-state index is 10.3. The molecule has 4 rings (SSSR count). The first-order valence-corrected chi connectivity index (χ1v) is 7.93. The van der Waals surface area contributed by atoms with Crippen molar-refractivity contribution < 1.29 is 10.2 Å². The SMILES string of the molecule is Oc1ccc2ccccc2c1CN[C@@H]1c2ccccc2C[C@@H]1O. The zero-order chi connectivity index (χ0) is 15.8. The number of rotatable bonds is 3. The number of aliphatic hydroxyl groups is 1. The Morgan fingerprint density at radius 1 is 0.957 bits per heavy atom. The van der Waals surface area contributed by atoms with E-state index in [0.717, 1.165) is 21.9 Å². The van der Waals surface area contributed by atoms with E-state index in [2.05, 4.69) is 17.4 Å². The Bertz CT molecular complexity index is 859. The molecular weight excluding hydrogens is 286 g/mol. The highest BCUT2D eigenvalue weighted by Gasteiger charge is 2.30. The fourth-order valence-corrected chi connectivity index (χ4v) is 3.54. The van der Waals surface area contributed by atoms with Crippen LogP contribution in [0.3, 0.4) is 0 Å². The normalized spacial score (nSPS) is 19.9. The quantitative estimate of drug-likeness (QED) is 0.696. The van der Waals surface area contributed by atoms with Gasteiger partial charge in [-0.3, -0.25) is 0 Å². The van der Waals surface area contributed by atoms with Crippen molar-refractivity contribution in [3.63, 3.8) is 0 Å². The first-order chi connectivity index (χ1) is 11.2. The number of fused-ring (bicyclic) bond motifs is 2. The van der Waals surface area contributed by atoms with Crippen LogP contribution in [0.2, 0.25) is 0 Å². The lowest BCUT2D eigenvalue weighted by Gasteiger charge is -2.19. The monoisotopic (exact) mass is 305 g/mol. The Morgan fingerprint density at radius 2 is 1.74 bits per heavy atom. The van der Waals surface area contributed by atoms with Gasteiger partial charge in [0.15, 0.2) is 0 Å². The Labute approximate surface area is 135 Å². The Morgan fingerprint density at radius 3 is 2.65 bits per heavy atom. The van der Waals surface area contributed by atoms with Gasteiger partial charge in [-0.05, 0) is 28.0 Å². The summed E-state index contributed by atoms with van der Waals surface area (Å²) in [5, 5.41) is 26.2. The van der Waals surface area contributed by atoms with Crippen LogP contribution in [-0.2, 0) is 13.0 Å². The van der Waals surface area contributed by atoms with Gasteiger partial charge in [0.1, 0.15) is 5.75 Å². The number of phenols is 1. The van der Waals surface area contributed by atoms with E-state index in [1.807, 2.05) is 42.5 Å². The smallest absolute Gasteiger partial charge is 0.120 e. The molecule has 1 aliphatic rings. The van der Waals surface area contributed by atoms with Crippen molar-refractivity contribution in [3.05, 3.63) is 77.4 Å². The first-order valence-electron chi connectivity index (χ1n) is 7.93. The van der Waals surface area contributed by atoms with Gasteiger partial charge in [0.2, 0.25) is 0 Å². The topological polar surface area (TPSA) is 52.5 Å². The fourth-order valence-electron chi connectivity index (χ4n) is 3.54. The molecule has 0 unspecified atom stereocenters. The molecule has 0 aliphatic heterocycles. The molecule has 3 heteroatoms. The second kappa shape index (κ2) is 5.69. The number of phenolic OH excluding ortho intramolecular Hbond substituents is 1. The highest BCUT2D eigenvalue weighted by molar-refractivity contribution is 5.87. The fraction of sp³-hybridized carbons (Fsp3) is 0.200. The lowest BCUT2D eigenvalue weighted by Crippen LogP contribution is -2.28. The number of benzene rings is 3. The Balaban J connectivity index is 1.64. The molecule has 2 atom stereocenters. The molecule has 0 spiro atoms. The zero-order valence-corrected chi connectivity index (χ0v) is 12.7. The molecule has 0 fully saturated rings. The van der Waals surface area contributed by atoms with Gasteiger partial charge >= 0.3 is 0 Å². The van der Waals surface area contributed by atoms with E-state index < -0.39 is 6.10 Å². The summed E-state index contributed by atoms with van der Waals surface area (Å²) in [5.74, 6) is 0.289. The van der Waals surface area contributed by atoms with Crippen molar-refractivity contribution in [1.82, 2.24) is 5.32 Å². The molecule has 0 heterocycles. The predicted octanol–water partition coefficient (Wildman–Crippen LogP) is 3.29. The van der Waals surface area contributed by atoms with Crippen molar-refractivity contribution in [2.24, 2.45) is 0 Å². The molecule has 0 radical (unpaired) electrons.